The first-order valence-electron chi connectivity index (χ1n) is 8.30. The summed E-state index contributed by atoms with van der Waals surface area (Å²) in [5.74, 6) is 0.662. The van der Waals surface area contributed by atoms with Gasteiger partial charge < -0.3 is 15.0 Å². The summed E-state index contributed by atoms with van der Waals surface area (Å²) >= 11 is 0. The van der Waals surface area contributed by atoms with Crippen molar-refractivity contribution >= 4 is 12.0 Å². The third kappa shape index (κ3) is 8.38. The molecule has 0 radical (unpaired) electrons. The lowest BCUT2D eigenvalue weighted by Crippen LogP contribution is -2.37. The normalized spacial score (nSPS) is 11.2. The number of alkyl carbamates (subject to hydrolysis) is 1. The number of nitrogens with zero attached hydrogens (tertiary/aromatic N) is 3. The molecule has 1 heterocycles. The van der Waals surface area contributed by atoms with Gasteiger partial charge in [0.1, 0.15) is 5.60 Å². The van der Waals surface area contributed by atoms with E-state index in [0.29, 0.717) is 19.0 Å². The molecule has 130 valence electrons. The Labute approximate surface area is 139 Å². The van der Waals surface area contributed by atoms with E-state index in [1.807, 2.05) is 45.1 Å². The van der Waals surface area contributed by atoms with E-state index in [0.717, 1.165) is 6.42 Å². The van der Waals surface area contributed by atoms with Crippen molar-refractivity contribution in [3.63, 3.8) is 0 Å². The number of unbranched alkanes of at least 4 members (excludes halogenated alkanes) is 2. The molecule has 0 unspecified atom stereocenters. The fourth-order valence-corrected chi connectivity index (χ4v) is 1.99. The van der Waals surface area contributed by atoms with Gasteiger partial charge in [0, 0.05) is 32.5 Å². The average molecular weight is 322 g/mol. The van der Waals surface area contributed by atoms with Crippen molar-refractivity contribution in [3.05, 3.63) is 18.0 Å². The van der Waals surface area contributed by atoms with Crippen LogP contribution >= 0.6 is 0 Å². The highest BCUT2D eigenvalue weighted by molar-refractivity contribution is 5.67. The van der Waals surface area contributed by atoms with Gasteiger partial charge in [-0.15, -0.1) is 0 Å². The molecule has 0 saturated carbocycles. The number of aromatic nitrogens is 2. The van der Waals surface area contributed by atoms with E-state index in [-0.39, 0.29) is 0 Å². The molecule has 0 aliphatic rings. The quantitative estimate of drug-likeness (QED) is 0.745. The Kier molecular flexibility index (Phi) is 7.78. The number of rotatable bonds is 8. The predicted molar refractivity (Wildman–Crippen MR) is 92.8 cm³/mol. The predicted octanol–water partition coefficient (Wildman–Crippen LogP) is 3.17. The van der Waals surface area contributed by atoms with Gasteiger partial charge in [-0.05, 0) is 39.2 Å². The number of carbonyl (C=O) groups is 1. The maximum atomic E-state index is 11.6. The molecule has 1 amide bonds. The Balaban J connectivity index is 2.34. The summed E-state index contributed by atoms with van der Waals surface area (Å²) in [6, 6.07) is 0. The molecule has 0 aliphatic carbocycles. The van der Waals surface area contributed by atoms with Crippen molar-refractivity contribution in [2.24, 2.45) is 0 Å². The maximum absolute atomic E-state index is 11.6. The summed E-state index contributed by atoms with van der Waals surface area (Å²) in [4.78, 5) is 22.2. The number of likely N-dealkylation sites (N-methyl/N-ethyl adjacent to an activating group) is 1. The minimum absolute atomic E-state index is 0.405. The van der Waals surface area contributed by atoms with E-state index in [9.17, 15) is 4.79 Å². The van der Waals surface area contributed by atoms with Crippen LogP contribution in [0.25, 0.3) is 0 Å². The van der Waals surface area contributed by atoms with Gasteiger partial charge in [0.2, 0.25) is 5.95 Å². The molecule has 6 nitrogen and oxygen atoms in total. The number of nitrogens with one attached hydrogen (secondary N) is 1. The fraction of sp³-hybridized carbons (Fsp3) is 0.706. The van der Waals surface area contributed by atoms with Gasteiger partial charge in [0.25, 0.3) is 0 Å². The van der Waals surface area contributed by atoms with Crippen molar-refractivity contribution < 1.29 is 9.53 Å². The minimum Gasteiger partial charge on any atom is -0.444 e. The lowest BCUT2D eigenvalue weighted by Gasteiger charge is -2.21. The van der Waals surface area contributed by atoms with Crippen LogP contribution in [0.2, 0.25) is 0 Å². The van der Waals surface area contributed by atoms with E-state index >= 15 is 0 Å². The molecule has 0 aromatic carbocycles. The monoisotopic (exact) mass is 322 g/mol. The third-order valence-electron chi connectivity index (χ3n) is 3.22. The van der Waals surface area contributed by atoms with E-state index in [2.05, 4.69) is 22.2 Å². The number of anilines is 1. The lowest BCUT2D eigenvalue weighted by atomic mass is 10.1. The smallest absolute Gasteiger partial charge is 0.407 e. The first-order valence-corrected chi connectivity index (χ1v) is 8.30. The van der Waals surface area contributed by atoms with Gasteiger partial charge in [-0.25, -0.2) is 14.8 Å². The first-order chi connectivity index (χ1) is 10.8. The zero-order valence-electron chi connectivity index (χ0n) is 15.1. The van der Waals surface area contributed by atoms with Gasteiger partial charge in [0.05, 0.1) is 0 Å². The Morgan fingerprint density at radius 1 is 1.26 bits per heavy atom. The van der Waals surface area contributed by atoms with E-state index in [4.69, 9.17) is 4.74 Å². The van der Waals surface area contributed by atoms with Crippen molar-refractivity contribution in [2.75, 3.05) is 25.0 Å². The minimum atomic E-state index is -0.479. The molecule has 0 spiro atoms. The Hall–Kier alpha value is -1.85. The molecule has 1 N–H and O–H groups in total. The van der Waals surface area contributed by atoms with Gasteiger partial charge >= 0.3 is 6.09 Å². The second-order valence-corrected chi connectivity index (χ2v) is 6.70. The summed E-state index contributed by atoms with van der Waals surface area (Å²) in [7, 11) is 1.91. The van der Waals surface area contributed by atoms with Crippen LogP contribution in [0, 0.1) is 0 Å². The van der Waals surface area contributed by atoms with Crippen LogP contribution in [0.5, 0.6) is 0 Å². The highest BCUT2D eigenvalue weighted by atomic mass is 16.6. The van der Waals surface area contributed by atoms with Crippen LogP contribution in [-0.4, -0.2) is 41.8 Å². The van der Waals surface area contributed by atoms with Crippen LogP contribution in [0.4, 0.5) is 10.7 Å². The standard InChI is InChI=1S/C17H30N4O2/c1-6-7-8-9-14-12-19-15(20-13-14)21(5)11-10-18-16(22)23-17(2,3)4/h12-13H,6-11H2,1-5H3,(H,18,22). The van der Waals surface area contributed by atoms with Crippen molar-refractivity contribution in [1.29, 1.82) is 0 Å². The lowest BCUT2D eigenvalue weighted by molar-refractivity contribution is 0.0529. The summed E-state index contributed by atoms with van der Waals surface area (Å²) in [5.41, 5.74) is 0.690. The van der Waals surface area contributed by atoms with Crippen molar-refractivity contribution in [3.8, 4) is 0 Å². The second-order valence-electron chi connectivity index (χ2n) is 6.70. The van der Waals surface area contributed by atoms with Crippen molar-refractivity contribution in [2.45, 2.75) is 59.0 Å². The fourth-order valence-electron chi connectivity index (χ4n) is 1.99. The highest BCUT2D eigenvalue weighted by Crippen LogP contribution is 2.09. The Bertz CT molecular complexity index is 468. The Morgan fingerprint density at radius 3 is 2.48 bits per heavy atom. The number of carbonyl (C=O) groups excluding carboxylic acids is 1. The molecule has 0 atom stereocenters. The molecule has 0 aliphatic heterocycles. The SMILES string of the molecule is CCCCCc1cnc(N(C)CCNC(=O)OC(C)(C)C)nc1. The largest absolute Gasteiger partial charge is 0.444 e. The Morgan fingerprint density at radius 2 is 1.91 bits per heavy atom. The van der Waals surface area contributed by atoms with Gasteiger partial charge in [-0.2, -0.15) is 0 Å². The molecular weight excluding hydrogens is 292 g/mol. The highest BCUT2D eigenvalue weighted by Gasteiger charge is 2.15. The van der Waals surface area contributed by atoms with E-state index in [1.165, 1.54) is 24.8 Å². The zero-order chi connectivity index (χ0) is 17.3. The molecule has 1 rings (SSSR count). The molecule has 1 aromatic heterocycles. The second kappa shape index (κ2) is 9.33. The van der Waals surface area contributed by atoms with Crippen LogP contribution in [0.15, 0.2) is 12.4 Å². The number of aryl methyl sites for hydroxylation is 1. The maximum Gasteiger partial charge on any atom is 0.407 e. The van der Waals surface area contributed by atoms with Gasteiger partial charge in [-0.3, -0.25) is 0 Å². The van der Waals surface area contributed by atoms with Crippen LogP contribution in [-0.2, 0) is 11.2 Å². The molecule has 23 heavy (non-hydrogen) atoms. The number of hydrogen-bond donors (Lipinski definition) is 1. The average Bonchev–Trinajstić information content (AvgIpc) is 2.46. The van der Waals surface area contributed by atoms with Crippen LogP contribution in [0.1, 0.15) is 52.5 Å². The zero-order valence-corrected chi connectivity index (χ0v) is 15.1. The van der Waals surface area contributed by atoms with Crippen LogP contribution < -0.4 is 10.2 Å². The third-order valence-corrected chi connectivity index (χ3v) is 3.22. The molecule has 6 heteroatoms. The molecule has 0 fully saturated rings. The summed E-state index contributed by atoms with van der Waals surface area (Å²) in [6.45, 7) is 8.82. The topological polar surface area (TPSA) is 67.4 Å². The van der Waals surface area contributed by atoms with Crippen molar-refractivity contribution in [1.82, 2.24) is 15.3 Å². The number of ether oxygens (including phenoxy) is 1. The number of hydrogen-bond acceptors (Lipinski definition) is 5. The van der Waals surface area contributed by atoms with Gasteiger partial charge in [-0.1, -0.05) is 19.8 Å². The summed E-state index contributed by atoms with van der Waals surface area (Å²) in [6.07, 6.45) is 8.01. The molecule has 0 bridgehead atoms. The van der Waals surface area contributed by atoms with E-state index in [1.54, 1.807) is 0 Å². The summed E-state index contributed by atoms with van der Waals surface area (Å²) < 4.78 is 5.19. The van der Waals surface area contributed by atoms with E-state index < -0.39 is 11.7 Å². The summed E-state index contributed by atoms with van der Waals surface area (Å²) in [5, 5.41) is 2.73. The molecule has 1 aromatic rings. The van der Waals surface area contributed by atoms with Gasteiger partial charge in [0.15, 0.2) is 0 Å². The number of amides is 1. The van der Waals surface area contributed by atoms with Crippen LogP contribution in [0.3, 0.4) is 0 Å². The molecule has 0 saturated heterocycles. The molecular formula is C17H30N4O2. The first kappa shape index (κ1) is 19.2.